The predicted octanol–water partition coefficient (Wildman–Crippen LogP) is 3.64. The molecule has 0 amide bonds. The number of guanidine groups is 1. The number of para-hydroxylation sites is 1. The van der Waals surface area contributed by atoms with Crippen molar-refractivity contribution in [2.75, 3.05) is 32.1 Å². The molecule has 130 valence electrons. The number of anilines is 1. The summed E-state index contributed by atoms with van der Waals surface area (Å²) < 4.78 is 0. The Morgan fingerprint density at radius 1 is 1.08 bits per heavy atom. The molecule has 0 fully saturated rings. The Balaban J connectivity index is 1.60. The number of nitrogens with one attached hydrogen (secondary N) is 2. The van der Waals surface area contributed by atoms with Gasteiger partial charge >= 0.3 is 0 Å². The number of nitrogens with zero attached hydrogens (tertiary/aromatic N) is 2. The standard InChI is InChI=1S/C19H28N4S/c1-16-11-12-18(24-16)15-22-19(20-2)21-13-7-8-14-23(3)17-9-5-4-6-10-17/h4-6,9-12H,7-8,13-15H2,1-3H3,(H2,20,21,22). The summed E-state index contributed by atoms with van der Waals surface area (Å²) in [4.78, 5) is 9.25. The zero-order chi connectivity index (χ0) is 17.2. The zero-order valence-electron chi connectivity index (χ0n) is 14.9. The average molecular weight is 345 g/mol. The highest BCUT2D eigenvalue weighted by Gasteiger charge is 2.01. The molecule has 2 rings (SSSR count). The SMILES string of the molecule is CN=C(NCCCCN(C)c1ccccc1)NCc1ccc(C)s1. The second kappa shape index (κ2) is 9.98. The topological polar surface area (TPSA) is 39.7 Å². The van der Waals surface area contributed by atoms with E-state index in [4.69, 9.17) is 0 Å². The van der Waals surface area contributed by atoms with Crippen LogP contribution in [0.1, 0.15) is 22.6 Å². The van der Waals surface area contributed by atoms with E-state index in [9.17, 15) is 0 Å². The molecule has 0 saturated heterocycles. The third-order valence-corrected chi connectivity index (χ3v) is 4.86. The van der Waals surface area contributed by atoms with Crippen molar-refractivity contribution < 1.29 is 0 Å². The van der Waals surface area contributed by atoms with Crippen LogP contribution in [0.5, 0.6) is 0 Å². The molecule has 24 heavy (non-hydrogen) atoms. The van der Waals surface area contributed by atoms with Gasteiger partial charge in [-0.05, 0) is 44.0 Å². The molecule has 4 nitrogen and oxygen atoms in total. The van der Waals surface area contributed by atoms with E-state index < -0.39 is 0 Å². The van der Waals surface area contributed by atoms with Gasteiger partial charge < -0.3 is 15.5 Å². The molecule has 0 aliphatic carbocycles. The molecular formula is C19H28N4S. The van der Waals surface area contributed by atoms with E-state index in [0.29, 0.717) is 0 Å². The Morgan fingerprint density at radius 3 is 2.54 bits per heavy atom. The van der Waals surface area contributed by atoms with E-state index in [-0.39, 0.29) is 0 Å². The summed E-state index contributed by atoms with van der Waals surface area (Å²) in [6.45, 7) is 4.96. The second-order valence-electron chi connectivity index (χ2n) is 5.83. The molecule has 1 aromatic heterocycles. The molecule has 0 aliphatic heterocycles. The Morgan fingerprint density at radius 2 is 1.88 bits per heavy atom. The third-order valence-electron chi connectivity index (χ3n) is 3.86. The number of thiophene rings is 1. The zero-order valence-corrected chi connectivity index (χ0v) is 15.7. The fourth-order valence-corrected chi connectivity index (χ4v) is 3.29. The third kappa shape index (κ3) is 6.24. The number of hydrogen-bond donors (Lipinski definition) is 2. The van der Waals surface area contributed by atoms with Crippen molar-refractivity contribution in [3.63, 3.8) is 0 Å². The van der Waals surface area contributed by atoms with Crippen molar-refractivity contribution in [1.29, 1.82) is 0 Å². The van der Waals surface area contributed by atoms with E-state index in [0.717, 1.165) is 38.4 Å². The Bertz CT molecular complexity index is 621. The Kier molecular flexibility index (Phi) is 7.62. The number of aryl methyl sites for hydroxylation is 1. The van der Waals surface area contributed by atoms with Gasteiger partial charge in [-0.1, -0.05) is 18.2 Å². The number of unbranched alkanes of at least 4 members (excludes halogenated alkanes) is 1. The van der Waals surface area contributed by atoms with Crippen molar-refractivity contribution in [2.24, 2.45) is 4.99 Å². The van der Waals surface area contributed by atoms with E-state index in [1.165, 1.54) is 15.4 Å². The molecular weight excluding hydrogens is 316 g/mol. The van der Waals surface area contributed by atoms with Crippen LogP contribution in [0.2, 0.25) is 0 Å². The van der Waals surface area contributed by atoms with Gasteiger partial charge in [0.15, 0.2) is 5.96 Å². The summed E-state index contributed by atoms with van der Waals surface area (Å²) in [6, 6.07) is 14.8. The summed E-state index contributed by atoms with van der Waals surface area (Å²) in [7, 11) is 3.96. The molecule has 2 aromatic rings. The van der Waals surface area contributed by atoms with Crippen molar-refractivity contribution in [1.82, 2.24) is 10.6 Å². The van der Waals surface area contributed by atoms with Crippen LogP contribution < -0.4 is 15.5 Å². The number of rotatable bonds is 8. The van der Waals surface area contributed by atoms with Crippen LogP contribution in [0.15, 0.2) is 47.5 Å². The molecule has 5 heteroatoms. The van der Waals surface area contributed by atoms with Gasteiger partial charge in [0.25, 0.3) is 0 Å². The summed E-state index contributed by atoms with van der Waals surface area (Å²) in [6.07, 6.45) is 2.27. The van der Waals surface area contributed by atoms with Gasteiger partial charge in [0.2, 0.25) is 0 Å². The van der Waals surface area contributed by atoms with Crippen molar-refractivity contribution in [3.8, 4) is 0 Å². The normalized spacial score (nSPS) is 11.4. The molecule has 0 aliphatic rings. The predicted molar refractivity (Wildman–Crippen MR) is 106 cm³/mol. The summed E-state index contributed by atoms with van der Waals surface area (Å²) in [5, 5.41) is 6.75. The first-order chi connectivity index (χ1) is 11.7. The highest BCUT2D eigenvalue weighted by atomic mass is 32.1. The second-order valence-corrected chi connectivity index (χ2v) is 7.20. The van der Waals surface area contributed by atoms with E-state index in [1.807, 2.05) is 18.4 Å². The quantitative estimate of drug-likeness (QED) is 0.436. The van der Waals surface area contributed by atoms with Gasteiger partial charge in [0.05, 0.1) is 6.54 Å². The minimum atomic E-state index is 0.828. The van der Waals surface area contributed by atoms with Crippen molar-refractivity contribution in [2.45, 2.75) is 26.3 Å². The molecule has 0 bridgehead atoms. The van der Waals surface area contributed by atoms with Gasteiger partial charge in [0, 0.05) is 42.6 Å². The molecule has 0 atom stereocenters. The van der Waals surface area contributed by atoms with Crippen molar-refractivity contribution >= 4 is 23.0 Å². The molecule has 0 radical (unpaired) electrons. The maximum atomic E-state index is 4.28. The smallest absolute Gasteiger partial charge is 0.191 e. The lowest BCUT2D eigenvalue weighted by Gasteiger charge is -2.19. The Labute approximate surface area is 149 Å². The van der Waals surface area contributed by atoms with E-state index >= 15 is 0 Å². The number of hydrogen-bond acceptors (Lipinski definition) is 3. The molecule has 1 heterocycles. The fraction of sp³-hybridized carbons (Fsp3) is 0.421. The van der Waals surface area contributed by atoms with Gasteiger partial charge in [-0.25, -0.2) is 0 Å². The summed E-state index contributed by atoms with van der Waals surface area (Å²) >= 11 is 1.82. The van der Waals surface area contributed by atoms with Crippen LogP contribution in [0.4, 0.5) is 5.69 Å². The Hall–Kier alpha value is -2.01. The maximum Gasteiger partial charge on any atom is 0.191 e. The lowest BCUT2D eigenvalue weighted by Crippen LogP contribution is -2.37. The van der Waals surface area contributed by atoms with Crippen LogP contribution in [-0.4, -0.2) is 33.1 Å². The molecule has 2 N–H and O–H groups in total. The van der Waals surface area contributed by atoms with Crippen molar-refractivity contribution in [3.05, 3.63) is 52.2 Å². The maximum absolute atomic E-state index is 4.28. The lowest BCUT2D eigenvalue weighted by molar-refractivity contribution is 0.687. The first-order valence-electron chi connectivity index (χ1n) is 8.45. The van der Waals surface area contributed by atoms with Gasteiger partial charge in [0.1, 0.15) is 0 Å². The number of benzene rings is 1. The van der Waals surface area contributed by atoms with Crippen LogP contribution in [0.25, 0.3) is 0 Å². The molecule has 0 saturated carbocycles. The average Bonchev–Trinajstić information content (AvgIpc) is 3.03. The van der Waals surface area contributed by atoms with E-state index in [1.54, 1.807) is 0 Å². The van der Waals surface area contributed by atoms with Crippen LogP contribution in [-0.2, 0) is 6.54 Å². The largest absolute Gasteiger partial charge is 0.375 e. The van der Waals surface area contributed by atoms with E-state index in [2.05, 4.69) is 77.0 Å². The van der Waals surface area contributed by atoms with Gasteiger partial charge in [-0.15, -0.1) is 11.3 Å². The minimum absolute atomic E-state index is 0.828. The van der Waals surface area contributed by atoms with Crippen LogP contribution in [0.3, 0.4) is 0 Å². The summed E-state index contributed by atoms with van der Waals surface area (Å²) in [5.74, 6) is 0.873. The monoisotopic (exact) mass is 344 g/mol. The highest BCUT2D eigenvalue weighted by Crippen LogP contribution is 2.14. The van der Waals surface area contributed by atoms with Crippen LogP contribution in [0, 0.1) is 6.92 Å². The molecule has 0 unspecified atom stereocenters. The first kappa shape index (κ1) is 18.3. The first-order valence-corrected chi connectivity index (χ1v) is 9.26. The van der Waals surface area contributed by atoms with Crippen LogP contribution >= 0.6 is 11.3 Å². The van der Waals surface area contributed by atoms with Gasteiger partial charge in [-0.2, -0.15) is 0 Å². The molecule has 1 aromatic carbocycles. The molecule has 0 spiro atoms. The highest BCUT2D eigenvalue weighted by molar-refractivity contribution is 7.11. The fourth-order valence-electron chi connectivity index (χ4n) is 2.46. The summed E-state index contributed by atoms with van der Waals surface area (Å²) in [5.41, 5.74) is 1.27. The lowest BCUT2D eigenvalue weighted by atomic mass is 10.2. The number of aliphatic imine (C=N–C) groups is 1. The minimum Gasteiger partial charge on any atom is -0.375 e. The van der Waals surface area contributed by atoms with Gasteiger partial charge in [-0.3, -0.25) is 4.99 Å².